The first-order chi connectivity index (χ1) is 10.8. The van der Waals surface area contributed by atoms with Crippen molar-refractivity contribution in [2.75, 3.05) is 18.4 Å². The van der Waals surface area contributed by atoms with Gasteiger partial charge in [-0.25, -0.2) is 0 Å². The Morgan fingerprint density at radius 2 is 1.77 bits per heavy atom. The van der Waals surface area contributed by atoms with Gasteiger partial charge >= 0.3 is 0 Å². The molecule has 0 bridgehead atoms. The fourth-order valence-electron chi connectivity index (χ4n) is 2.37. The minimum atomic E-state index is 0.772. The summed E-state index contributed by atoms with van der Waals surface area (Å²) in [6, 6.07) is 18.2. The van der Waals surface area contributed by atoms with Crippen LogP contribution in [0.5, 0.6) is 0 Å². The van der Waals surface area contributed by atoms with E-state index in [1.807, 2.05) is 48.7 Å². The molecule has 0 saturated carbocycles. The molecule has 4 heteroatoms. The van der Waals surface area contributed by atoms with E-state index >= 15 is 0 Å². The van der Waals surface area contributed by atoms with Crippen molar-refractivity contribution in [1.82, 2.24) is 10.3 Å². The van der Waals surface area contributed by atoms with Crippen LogP contribution < -0.4 is 10.6 Å². The second-order valence-corrected chi connectivity index (χ2v) is 5.45. The Labute approximate surface area is 135 Å². The third-order valence-corrected chi connectivity index (χ3v) is 3.92. The summed E-state index contributed by atoms with van der Waals surface area (Å²) in [6.07, 6.45) is 1.81. The number of nitrogens with zero attached hydrogens (tertiary/aromatic N) is 1. The summed E-state index contributed by atoms with van der Waals surface area (Å²) in [7, 11) is 0. The third-order valence-electron chi connectivity index (χ3n) is 3.51. The molecule has 112 valence electrons. The Bertz CT molecular complexity index is 744. The second-order valence-electron chi connectivity index (χ2n) is 5.07. The molecular weight excluding hydrogens is 294 g/mol. The molecule has 0 aliphatic heterocycles. The van der Waals surface area contributed by atoms with Crippen LogP contribution in [0, 0.1) is 0 Å². The molecular formula is C18H18ClN3. The van der Waals surface area contributed by atoms with E-state index in [0.717, 1.165) is 46.8 Å². The molecule has 0 amide bonds. The first-order valence-electron chi connectivity index (χ1n) is 7.36. The van der Waals surface area contributed by atoms with Crippen molar-refractivity contribution in [2.45, 2.75) is 6.54 Å². The molecule has 0 atom stereocenters. The van der Waals surface area contributed by atoms with E-state index in [1.165, 1.54) is 0 Å². The Morgan fingerprint density at radius 1 is 0.909 bits per heavy atom. The van der Waals surface area contributed by atoms with Gasteiger partial charge in [0.1, 0.15) is 0 Å². The highest BCUT2D eigenvalue weighted by atomic mass is 35.5. The van der Waals surface area contributed by atoms with Crippen LogP contribution >= 0.6 is 11.6 Å². The van der Waals surface area contributed by atoms with Gasteiger partial charge in [0, 0.05) is 31.2 Å². The molecule has 0 saturated heterocycles. The average Bonchev–Trinajstić information content (AvgIpc) is 2.58. The van der Waals surface area contributed by atoms with Crippen LogP contribution in [0.2, 0.25) is 5.02 Å². The Kier molecular flexibility index (Phi) is 4.88. The molecule has 3 nitrogen and oxygen atoms in total. The number of anilines is 1. The van der Waals surface area contributed by atoms with Crippen LogP contribution in [0.15, 0.2) is 60.8 Å². The van der Waals surface area contributed by atoms with E-state index in [-0.39, 0.29) is 0 Å². The number of hydrogen-bond donors (Lipinski definition) is 2. The lowest BCUT2D eigenvalue weighted by molar-refractivity contribution is 0.693. The number of hydrogen-bond acceptors (Lipinski definition) is 3. The topological polar surface area (TPSA) is 37.0 Å². The summed E-state index contributed by atoms with van der Waals surface area (Å²) >= 11 is 6.46. The molecule has 0 fully saturated rings. The number of benzene rings is 2. The predicted molar refractivity (Wildman–Crippen MR) is 93.4 cm³/mol. The largest absolute Gasteiger partial charge is 0.383 e. The monoisotopic (exact) mass is 311 g/mol. The first kappa shape index (κ1) is 14.8. The van der Waals surface area contributed by atoms with E-state index in [4.69, 9.17) is 11.6 Å². The Balaban J connectivity index is 1.52. The van der Waals surface area contributed by atoms with Gasteiger partial charge in [-0.2, -0.15) is 0 Å². The maximum absolute atomic E-state index is 6.46. The minimum absolute atomic E-state index is 0.772. The second kappa shape index (κ2) is 7.25. The zero-order chi connectivity index (χ0) is 15.2. The van der Waals surface area contributed by atoms with Crippen LogP contribution in [0.4, 0.5) is 5.69 Å². The fraction of sp³-hybridized carbons (Fsp3) is 0.167. The van der Waals surface area contributed by atoms with Gasteiger partial charge in [-0.05, 0) is 23.6 Å². The van der Waals surface area contributed by atoms with Gasteiger partial charge < -0.3 is 10.6 Å². The molecule has 0 radical (unpaired) electrons. The van der Waals surface area contributed by atoms with Crippen LogP contribution in [0.3, 0.4) is 0 Å². The molecule has 0 aliphatic rings. The summed E-state index contributed by atoms with van der Waals surface area (Å²) in [5, 5.41) is 9.76. The molecule has 22 heavy (non-hydrogen) atoms. The number of nitrogens with one attached hydrogen (secondary N) is 2. The van der Waals surface area contributed by atoms with Gasteiger partial charge in [-0.3, -0.25) is 4.98 Å². The molecule has 3 rings (SSSR count). The van der Waals surface area contributed by atoms with Crippen molar-refractivity contribution in [3.05, 3.63) is 71.5 Å². The van der Waals surface area contributed by atoms with Crippen molar-refractivity contribution >= 4 is 28.1 Å². The lowest BCUT2D eigenvalue weighted by Gasteiger charge is -2.11. The van der Waals surface area contributed by atoms with Crippen molar-refractivity contribution in [3.8, 4) is 0 Å². The molecule has 2 N–H and O–H groups in total. The summed E-state index contributed by atoms with van der Waals surface area (Å²) in [6.45, 7) is 2.43. The molecule has 3 aromatic rings. The number of rotatable bonds is 6. The maximum atomic E-state index is 6.46. The smallest absolute Gasteiger partial charge is 0.0715 e. The van der Waals surface area contributed by atoms with E-state index < -0.39 is 0 Å². The number of halogens is 1. The zero-order valence-electron chi connectivity index (χ0n) is 12.2. The van der Waals surface area contributed by atoms with Gasteiger partial charge in [0.2, 0.25) is 0 Å². The van der Waals surface area contributed by atoms with E-state index in [9.17, 15) is 0 Å². The summed E-state index contributed by atoms with van der Waals surface area (Å²) in [4.78, 5) is 4.28. The molecule has 1 aromatic heterocycles. The van der Waals surface area contributed by atoms with Gasteiger partial charge in [0.05, 0.1) is 16.4 Å². The van der Waals surface area contributed by atoms with E-state index in [2.05, 4.69) is 27.8 Å². The molecule has 0 spiro atoms. The molecule has 0 unspecified atom stereocenters. The maximum Gasteiger partial charge on any atom is 0.0715 e. The minimum Gasteiger partial charge on any atom is -0.383 e. The SMILES string of the molecule is Clc1c(NCCNCc2ccccn2)ccc2ccccc12. The van der Waals surface area contributed by atoms with Crippen LogP contribution in [-0.4, -0.2) is 18.1 Å². The number of aromatic nitrogens is 1. The summed E-state index contributed by atoms with van der Waals surface area (Å²) in [5.41, 5.74) is 2.02. The Morgan fingerprint density at radius 3 is 2.64 bits per heavy atom. The third kappa shape index (κ3) is 3.56. The number of pyridine rings is 1. The van der Waals surface area contributed by atoms with Crippen LogP contribution in [-0.2, 0) is 6.54 Å². The normalized spacial score (nSPS) is 10.8. The lowest BCUT2D eigenvalue weighted by Crippen LogP contribution is -2.22. The molecule has 2 aromatic carbocycles. The first-order valence-corrected chi connectivity index (χ1v) is 7.74. The van der Waals surface area contributed by atoms with Gasteiger partial charge in [-0.15, -0.1) is 0 Å². The fourth-order valence-corrected chi connectivity index (χ4v) is 2.68. The van der Waals surface area contributed by atoms with Crippen molar-refractivity contribution in [2.24, 2.45) is 0 Å². The van der Waals surface area contributed by atoms with Crippen molar-refractivity contribution in [1.29, 1.82) is 0 Å². The quantitative estimate of drug-likeness (QED) is 0.673. The van der Waals surface area contributed by atoms with Crippen LogP contribution in [0.25, 0.3) is 10.8 Å². The summed E-state index contributed by atoms with van der Waals surface area (Å²) < 4.78 is 0. The van der Waals surface area contributed by atoms with Gasteiger partial charge in [0.15, 0.2) is 0 Å². The standard InChI is InChI=1S/C18H18ClN3/c19-18-16-7-2-1-5-14(16)8-9-17(18)22-12-11-20-13-15-6-3-4-10-21-15/h1-10,20,22H,11-13H2. The van der Waals surface area contributed by atoms with Crippen molar-refractivity contribution < 1.29 is 0 Å². The lowest BCUT2D eigenvalue weighted by atomic mass is 10.1. The number of fused-ring (bicyclic) bond motifs is 1. The highest BCUT2D eigenvalue weighted by Gasteiger charge is 2.04. The predicted octanol–water partition coefficient (Wildman–Crippen LogP) is 4.09. The van der Waals surface area contributed by atoms with E-state index in [1.54, 1.807) is 0 Å². The highest BCUT2D eigenvalue weighted by molar-refractivity contribution is 6.38. The van der Waals surface area contributed by atoms with Gasteiger partial charge in [-0.1, -0.05) is 48.0 Å². The van der Waals surface area contributed by atoms with Gasteiger partial charge in [0.25, 0.3) is 0 Å². The molecule has 1 heterocycles. The molecule has 0 aliphatic carbocycles. The summed E-state index contributed by atoms with van der Waals surface area (Å²) in [5.74, 6) is 0. The van der Waals surface area contributed by atoms with Crippen LogP contribution in [0.1, 0.15) is 5.69 Å². The van der Waals surface area contributed by atoms with Crippen molar-refractivity contribution in [3.63, 3.8) is 0 Å². The highest BCUT2D eigenvalue weighted by Crippen LogP contribution is 2.30. The zero-order valence-corrected chi connectivity index (χ0v) is 13.0. The Hall–Kier alpha value is -2.10. The average molecular weight is 312 g/mol. The van der Waals surface area contributed by atoms with E-state index in [0.29, 0.717) is 0 Å².